The summed E-state index contributed by atoms with van der Waals surface area (Å²) in [6.07, 6.45) is 2.49. The number of urea groups is 1. The number of piperidine rings is 1. The molecule has 192 valence electrons. The molecule has 0 radical (unpaired) electrons. The van der Waals surface area contributed by atoms with Crippen LogP contribution in [0.15, 0.2) is 29.5 Å². The Hall–Kier alpha value is -3.64. The van der Waals surface area contributed by atoms with Gasteiger partial charge in [0.1, 0.15) is 11.5 Å². The molecule has 2 bridgehead atoms. The number of hydrogen-bond acceptors (Lipinski definition) is 6. The molecule has 10 nitrogen and oxygen atoms in total. The third-order valence-electron chi connectivity index (χ3n) is 7.21. The Balaban J connectivity index is 1.21. The number of anilines is 3. The lowest BCUT2D eigenvalue weighted by atomic mass is 10.0. The van der Waals surface area contributed by atoms with E-state index in [-0.39, 0.29) is 29.8 Å². The quantitative estimate of drug-likeness (QED) is 0.646. The maximum atomic E-state index is 13.1. The van der Waals surface area contributed by atoms with Crippen molar-refractivity contribution in [3.63, 3.8) is 0 Å². The summed E-state index contributed by atoms with van der Waals surface area (Å²) in [5.74, 6) is 1.26. The number of nitrogens with one attached hydrogen (secondary N) is 2. The fraction of sp³-hybridized carbons (Fsp3) is 0.522. The Kier molecular flexibility index (Phi) is 5.87. The first-order valence-corrected chi connectivity index (χ1v) is 11.7. The van der Waals surface area contributed by atoms with Crippen LogP contribution in [0, 0.1) is 11.8 Å². The highest BCUT2D eigenvalue weighted by Crippen LogP contribution is 2.42. The predicted molar refractivity (Wildman–Crippen MR) is 124 cm³/mol. The molecule has 0 aromatic carbocycles. The summed E-state index contributed by atoms with van der Waals surface area (Å²) in [7, 11) is 2.79. The average Bonchev–Trinajstić information content (AvgIpc) is 3.50. The van der Waals surface area contributed by atoms with Gasteiger partial charge in [-0.3, -0.25) is 9.59 Å². The summed E-state index contributed by atoms with van der Waals surface area (Å²) in [5, 5.41) is 5.12. The van der Waals surface area contributed by atoms with Crippen LogP contribution in [-0.4, -0.2) is 57.0 Å². The minimum atomic E-state index is -4.64. The Bertz CT molecular complexity index is 1240. The average molecular weight is 506 g/mol. The second-order valence-corrected chi connectivity index (χ2v) is 9.73. The Labute approximate surface area is 204 Å². The van der Waals surface area contributed by atoms with Gasteiger partial charge in [-0.2, -0.15) is 13.2 Å². The van der Waals surface area contributed by atoms with Crippen molar-refractivity contribution >= 4 is 29.3 Å². The number of halogens is 3. The SMILES string of the molecule is CN(C(=O)Nc1cc(C(F)(F)F)cn(C)c1=O)[C@@H]1C[C@@H]2C[C@H]1CN2c1cnc(NC(=O)C2CC2)cn1. The lowest BCUT2D eigenvalue weighted by Crippen LogP contribution is -2.48. The number of nitrogens with zero attached hydrogens (tertiary/aromatic N) is 5. The van der Waals surface area contributed by atoms with E-state index in [1.807, 2.05) is 0 Å². The topological polar surface area (TPSA) is 112 Å². The van der Waals surface area contributed by atoms with E-state index >= 15 is 0 Å². The fourth-order valence-electron chi connectivity index (χ4n) is 5.10. The number of aromatic nitrogens is 3. The maximum Gasteiger partial charge on any atom is 0.417 e. The second kappa shape index (κ2) is 8.79. The number of fused-ring (bicyclic) bond motifs is 2. The Morgan fingerprint density at radius 3 is 2.47 bits per heavy atom. The fourth-order valence-corrected chi connectivity index (χ4v) is 5.10. The number of alkyl halides is 3. The molecule has 3 aliphatic rings. The van der Waals surface area contributed by atoms with Crippen molar-refractivity contribution in [1.29, 1.82) is 0 Å². The molecule has 0 spiro atoms. The van der Waals surface area contributed by atoms with Crippen LogP contribution in [0.4, 0.5) is 35.3 Å². The van der Waals surface area contributed by atoms with Gasteiger partial charge in [0.2, 0.25) is 5.91 Å². The van der Waals surface area contributed by atoms with Gasteiger partial charge in [-0.25, -0.2) is 14.8 Å². The Morgan fingerprint density at radius 1 is 1.14 bits per heavy atom. The summed E-state index contributed by atoms with van der Waals surface area (Å²) in [6, 6.07) is 0.0152. The third-order valence-corrected chi connectivity index (χ3v) is 7.21. The van der Waals surface area contributed by atoms with Crippen LogP contribution in [0.3, 0.4) is 0 Å². The van der Waals surface area contributed by atoms with Crippen LogP contribution in [0.2, 0.25) is 0 Å². The molecule has 36 heavy (non-hydrogen) atoms. The standard InChI is InChI=1S/C23H26F3N7O3/c1-31-11-14(23(24,25)26)6-16(21(31)35)29-22(36)32(2)17-7-15-5-13(17)10-33(15)19-9-27-18(8-28-19)30-20(34)12-3-4-12/h6,8-9,11-13,15,17H,3-5,7,10H2,1-2H3,(H,29,36)(H,27,30,34)/t13-,15-,17+/m0/s1. The normalized spacial score (nSPS) is 23.0. The molecule has 2 aromatic heterocycles. The molecule has 0 unspecified atom stereocenters. The van der Waals surface area contributed by atoms with Crippen molar-refractivity contribution in [2.45, 2.75) is 43.9 Å². The molecular weight excluding hydrogens is 479 g/mol. The number of rotatable bonds is 5. The lowest BCUT2D eigenvalue weighted by Gasteiger charge is -2.36. The van der Waals surface area contributed by atoms with E-state index in [1.165, 1.54) is 18.1 Å². The van der Waals surface area contributed by atoms with Gasteiger partial charge in [0, 0.05) is 44.8 Å². The zero-order chi connectivity index (χ0) is 25.8. The van der Waals surface area contributed by atoms with Crippen LogP contribution in [0.25, 0.3) is 0 Å². The first-order valence-electron chi connectivity index (χ1n) is 11.7. The second-order valence-electron chi connectivity index (χ2n) is 9.73. The van der Waals surface area contributed by atoms with Crippen molar-refractivity contribution < 1.29 is 22.8 Å². The van der Waals surface area contributed by atoms with E-state index in [0.29, 0.717) is 36.9 Å². The maximum absolute atomic E-state index is 13.1. The van der Waals surface area contributed by atoms with Gasteiger partial charge in [-0.05, 0) is 37.7 Å². The molecule has 2 aromatic rings. The highest BCUT2D eigenvalue weighted by Gasteiger charge is 2.47. The molecule has 3 fully saturated rings. The molecule has 5 rings (SSSR count). The number of carbonyl (C=O) groups excluding carboxylic acids is 2. The van der Waals surface area contributed by atoms with Crippen LogP contribution in [0.1, 0.15) is 31.2 Å². The van der Waals surface area contributed by atoms with Crippen LogP contribution in [-0.2, 0) is 18.0 Å². The summed E-state index contributed by atoms with van der Waals surface area (Å²) in [6.45, 7) is 0.640. The van der Waals surface area contributed by atoms with Crippen molar-refractivity contribution in [2.75, 3.05) is 29.1 Å². The number of aryl methyl sites for hydroxylation is 1. The molecule has 3 amide bonds. The first kappa shape index (κ1) is 24.1. The van der Waals surface area contributed by atoms with Gasteiger partial charge in [0.05, 0.1) is 18.0 Å². The minimum Gasteiger partial charge on any atom is -0.352 e. The van der Waals surface area contributed by atoms with Crippen molar-refractivity contribution in [3.8, 4) is 0 Å². The highest BCUT2D eigenvalue weighted by molar-refractivity contribution is 5.93. The molecule has 2 aliphatic carbocycles. The van der Waals surface area contributed by atoms with Gasteiger partial charge in [-0.15, -0.1) is 0 Å². The molecule has 2 saturated carbocycles. The molecular formula is C23H26F3N7O3. The third kappa shape index (κ3) is 4.61. The number of amides is 3. The van der Waals surface area contributed by atoms with Gasteiger partial charge in [0.15, 0.2) is 5.82 Å². The largest absolute Gasteiger partial charge is 0.417 e. The zero-order valence-electron chi connectivity index (χ0n) is 19.7. The smallest absolute Gasteiger partial charge is 0.352 e. The zero-order valence-corrected chi connectivity index (χ0v) is 19.7. The Morgan fingerprint density at radius 2 is 1.89 bits per heavy atom. The summed E-state index contributed by atoms with van der Waals surface area (Å²) < 4.78 is 40.2. The van der Waals surface area contributed by atoms with E-state index in [4.69, 9.17) is 0 Å². The van der Waals surface area contributed by atoms with Gasteiger partial charge >= 0.3 is 12.2 Å². The minimum absolute atomic E-state index is 0.0376. The number of hydrogen-bond donors (Lipinski definition) is 2. The molecule has 13 heteroatoms. The van der Waals surface area contributed by atoms with E-state index in [0.717, 1.165) is 23.8 Å². The van der Waals surface area contributed by atoms with Gasteiger partial charge in [0.25, 0.3) is 5.56 Å². The highest BCUT2D eigenvalue weighted by atomic mass is 19.4. The summed E-state index contributed by atoms with van der Waals surface area (Å²) >= 11 is 0. The molecule has 3 atom stereocenters. The van der Waals surface area contributed by atoms with E-state index < -0.39 is 29.0 Å². The van der Waals surface area contributed by atoms with E-state index in [9.17, 15) is 27.6 Å². The van der Waals surface area contributed by atoms with E-state index in [1.54, 1.807) is 13.2 Å². The van der Waals surface area contributed by atoms with Crippen molar-refractivity contribution in [3.05, 3.63) is 40.6 Å². The monoisotopic (exact) mass is 505 g/mol. The van der Waals surface area contributed by atoms with Gasteiger partial charge < -0.3 is 25.0 Å². The van der Waals surface area contributed by atoms with Gasteiger partial charge in [-0.1, -0.05) is 0 Å². The first-order chi connectivity index (χ1) is 17.0. The summed E-state index contributed by atoms with van der Waals surface area (Å²) in [5.41, 5.74) is -2.16. The van der Waals surface area contributed by atoms with E-state index in [2.05, 4.69) is 25.5 Å². The van der Waals surface area contributed by atoms with Crippen LogP contribution in [0.5, 0.6) is 0 Å². The lowest BCUT2D eigenvalue weighted by molar-refractivity contribution is -0.138. The summed E-state index contributed by atoms with van der Waals surface area (Å²) in [4.78, 5) is 49.4. The molecule has 3 heterocycles. The van der Waals surface area contributed by atoms with Crippen LogP contribution >= 0.6 is 0 Å². The number of pyridine rings is 1. The van der Waals surface area contributed by atoms with Crippen molar-refractivity contribution in [1.82, 2.24) is 19.4 Å². The predicted octanol–water partition coefficient (Wildman–Crippen LogP) is 2.67. The van der Waals surface area contributed by atoms with Crippen molar-refractivity contribution in [2.24, 2.45) is 18.9 Å². The molecule has 1 saturated heterocycles. The molecule has 2 N–H and O–H groups in total. The number of carbonyl (C=O) groups is 2. The van der Waals surface area contributed by atoms with Crippen LogP contribution < -0.4 is 21.1 Å². The molecule has 1 aliphatic heterocycles.